The minimum absolute atomic E-state index is 0.00341. The van der Waals surface area contributed by atoms with Crippen LogP contribution in [0.1, 0.15) is 13.8 Å². The molecule has 0 aromatic rings. The molecule has 0 fully saturated rings. The van der Waals surface area contributed by atoms with Crippen molar-refractivity contribution in [3.8, 4) is 0 Å². The molecule has 4 nitrogen and oxygen atoms in total. The van der Waals surface area contributed by atoms with Crippen molar-refractivity contribution < 1.29 is 18.8 Å². The third-order valence-electron chi connectivity index (χ3n) is 1.42. The summed E-state index contributed by atoms with van der Waals surface area (Å²) in [5, 5.41) is 18.8. The molecule has 0 saturated heterocycles. The molecule has 0 spiro atoms. The summed E-state index contributed by atoms with van der Waals surface area (Å²) in [6.45, 7) is 2.35. The molecule has 0 rings (SSSR count). The van der Waals surface area contributed by atoms with Gasteiger partial charge in [0.05, 0.1) is 5.75 Å². The molecule has 0 aromatic heterocycles. The third-order valence-corrected chi connectivity index (χ3v) is 2.64. The highest BCUT2D eigenvalue weighted by molar-refractivity contribution is 7.99. The Morgan fingerprint density at radius 2 is 2.07 bits per heavy atom. The van der Waals surface area contributed by atoms with E-state index in [1.165, 1.54) is 0 Å². The number of nitrogens with zero attached hydrogens (tertiary/aromatic N) is 1. The summed E-state index contributed by atoms with van der Waals surface area (Å²) in [6, 6.07) is 0. The number of aliphatic hydroxyl groups is 1. The second-order valence-electron chi connectivity index (χ2n) is 3.15. The van der Waals surface area contributed by atoms with Crippen molar-refractivity contribution in [2.24, 2.45) is 0 Å². The number of thioether (sulfide) groups is 1. The Bertz CT molecular complexity index is 201. The van der Waals surface area contributed by atoms with Crippen LogP contribution in [0.2, 0.25) is 0 Å². The first-order valence-corrected chi connectivity index (χ1v) is 5.10. The van der Waals surface area contributed by atoms with Gasteiger partial charge >= 0.3 is 0 Å². The first-order valence-electron chi connectivity index (χ1n) is 4.05. The smallest absolute Gasteiger partial charge is 0.288 e. The second-order valence-corrected chi connectivity index (χ2v) is 4.72. The topological polar surface area (TPSA) is 63.4 Å². The van der Waals surface area contributed by atoms with Gasteiger partial charge in [-0.2, -0.15) is 11.8 Å². The highest BCUT2D eigenvalue weighted by Crippen LogP contribution is 2.26. The Morgan fingerprint density at radius 1 is 1.57 bits per heavy atom. The lowest BCUT2D eigenvalue weighted by Crippen LogP contribution is -2.41. The largest absolute Gasteiger partial charge is 0.381 e. The zero-order chi connectivity index (χ0) is 11.4. The molecular weight excluding hydrogens is 216 g/mol. The zero-order valence-corrected chi connectivity index (χ0v) is 8.76. The molecule has 1 unspecified atom stereocenters. The van der Waals surface area contributed by atoms with Gasteiger partial charge in [-0.25, -0.2) is 8.78 Å². The molecule has 14 heavy (non-hydrogen) atoms. The van der Waals surface area contributed by atoms with Gasteiger partial charge < -0.3 is 5.11 Å². The summed E-state index contributed by atoms with van der Waals surface area (Å²) in [6.07, 6.45) is -2.20. The van der Waals surface area contributed by atoms with E-state index >= 15 is 0 Å². The van der Waals surface area contributed by atoms with Gasteiger partial charge in [0, 0.05) is 4.92 Å². The Labute approximate surface area is 84.8 Å². The van der Waals surface area contributed by atoms with Gasteiger partial charge in [0.25, 0.3) is 5.92 Å². The van der Waals surface area contributed by atoms with Crippen LogP contribution in [-0.2, 0) is 0 Å². The average Bonchev–Trinajstić information content (AvgIpc) is 1.99. The van der Waals surface area contributed by atoms with E-state index in [9.17, 15) is 18.9 Å². The standard InChI is InChI=1S/C7H13F2NO3S/c1-5(2)14-4-7(8,9)6(11)3-10(12)13/h5-6,11H,3-4H2,1-2H3. The molecule has 0 radical (unpaired) electrons. The van der Waals surface area contributed by atoms with Crippen LogP contribution >= 0.6 is 11.8 Å². The lowest BCUT2D eigenvalue weighted by molar-refractivity contribution is -0.496. The van der Waals surface area contributed by atoms with Crippen LogP contribution in [0.5, 0.6) is 0 Å². The zero-order valence-electron chi connectivity index (χ0n) is 7.94. The molecule has 0 amide bonds. The van der Waals surface area contributed by atoms with E-state index in [1.54, 1.807) is 13.8 Å². The number of alkyl halides is 2. The summed E-state index contributed by atoms with van der Waals surface area (Å²) in [5.41, 5.74) is 0. The number of halogens is 2. The summed E-state index contributed by atoms with van der Waals surface area (Å²) < 4.78 is 25.9. The normalized spacial score (nSPS) is 14.4. The highest BCUT2D eigenvalue weighted by atomic mass is 32.2. The summed E-state index contributed by atoms with van der Waals surface area (Å²) in [4.78, 5) is 8.95. The van der Waals surface area contributed by atoms with Crippen molar-refractivity contribution in [2.45, 2.75) is 31.1 Å². The van der Waals surface area contributed by atoms with E-state index < -0.39 is 29.2 Å². The van der Waals surface area contributed by atoms with Crippen molar-refractivity contribution in [3.63, 3.8) is 0 Å². The molecule has 0 saturated carbocycles. The van der Waals surface area contributed by atoms with E-state index in [2.05, 4.69) is 0 Å². The van der Waals surface area contributed by atoms with Crippen LogP contribution in [0.25, 0.3) is 0 Å². The van der Waals surface area contributed by atoms with E-state index in [0.717, 1.165) is 11.8 Å². The molecule has 0 bridgehead atoms. The molecule has 1 atom stereocenters. The Balaban J connectivity index is 4.08. The van der Waals surface area contributed by atoms with Crippen LogP contribution in [0.4, 0.5) is 8.78 Å². The van der Waals surface area contributed by atoms with Gasteiger partial charge in [0.1, 0.15) is 0 Å². The molecule has 84 valence electrons. The molecule has 0 aliphatic carbocycles. The molecule has 0 heterocycles. The first kappa shape index (κ1) is 13.6. The van der Waals surface area contributed by atoms with Crippen LogP contribution in [0, 0.1) is 10.1 Å². The van der Waals surface area contributed by atoms with Crippen LogP contribution in [0.15, 0.2) is 0 Å². The molecule has 1 N–H and O–H groups in total. The van der Waals surface area contributed by atoms with Crippen molar-refractivity contribution in [1.82, 2.24) is 0 Å². The number of hydrogen-bond acceptors (Lipinski definition) is 4. The summed E-state index contributed by atoms with van der Waals surface area (Å²) >= 11 is 0.961. The third kappa shape index (κ3) is 5.33. The van der Waals surface area contributed by atoms with Gasteiger partial charge in [-0.3, -0.25) is 10.1 Å². The monoisotopic (exact) mass is 229 g/mol. The minimum Gasteiger partial charge on any atom is -0.381 e. The van der Waals surface area contributed by atoms with Crippen molar-refractivity contribution in [2.75, 3.05) is 12.3 Å². The predicted molar refractivity (Wildman–Crippen MR) is 50.4 cm³/mol. The summed E-state index contributed by atoms with van der Waals surface area (Å²) in [7, 11) is 0. The number of nitro groups is 1. The van der Waals surface area contributed by atoms with Crippen LogP contribution in [-0.4, -0.2) is 39.6 Å². The van der Waals surface area contributed by atoms with Crippen LogP contribution in [0.3, 0.4) is 0 Å². The SMILES string of the molecule is CC(C)SCC(F)(F)C(O)C[N+](=O)[O-]. The second kappa shape index (κ2) is 5.45. The number of aliphatic hydroxyl groups excluding tert-OH is 1. The van der Waals surface area contributed by atoms with E-state index in [0.29, 0.717) is 0 Å². The fraction of sp³-hybridized carbons (Fsp3) is 1.00. The average molecular weight is 229 g/mol. The Hall–Kier alpha value is -0.430. The van der Waals surface area contributed by atoms with Gasteiger partial charge in [-0.05, 0) is 5.25 Å². The summed E-state index contributed by atoms with van der Waals surface area (Å²) in [5.74, 6) is -4.00. The van der Waals surface area contributed by atoms with Crippen molar-refractivity contribution in [1.29, 1.82) is 0 Å². The van der Waals surface area contributed by atoms with E-state index in [4.69, 9.17) is 5.11 Å². The molecule has 7 heteroatoms. The van der Waals surface area contributed by atoms with E-state index in [1.807, 2.05) is 0 Å². The van der Waals surface area contributed by atoms with Gasteiger partial charge in [-0.1, -0.05) is 13.8 Å². The molecule has 0 aliphatic heterocycles. The lowest BCUT2D eigenvalue weighted by atomic mass is 10.2. The molecule has 0 aliphatic rings. The van der Waals surface area contributed by atoms with Gasteiger partial charge in [0.2, 0.25) is 6.54 Å². The quantitative estimate of drug-likeness (QED) is 0.552. The van der Waals surface area contributed by atoms with Crippen molar-refractivity contribution in [3.05, 3.63) is 10.1 Å². The predicted octanol–water partition coefficient (Wildman–Crippen LogP) is 1.40. The number of hydrogen-bond donors (Lipinski definition) is 1. The van der Waals surface area contributed by atoms with Gasteiger partial charge in [-0.15, -0.1) is 0 Å². The maximum atomic E-state index is 13.0. The van der Waals surface area contributed by atoms with Crippen molar-refractivity contribution >= 4 is 11.8 Å². The highest BCUT2D eigenvalue weighted by Gasteiger charge is 2.41. The van der Waals surface area contributed by atoms with E-state index in [-0.39, 0.29) is 5.25 Å². The first-order chi connectivity index (χ1) is 6.25. The maximum absolute atomic E-state index is 13.0. The lowest BCUT2D eigenvalue weighted by Gasteiger charge is -2.20. The fourth-order valence-corrected chi connectivity index (χ4v) is 1.40. The molecular formula is C7H13F2NO3S. The Morgan fingerprint density at radius 3 is 2.43 bits per heavy atom. The van der Waals surface area contributed by atoms with Crippen LogP contribution < -0.4 is 0 Å². The fourth-order valence-electron chi connectivity index (χ4n) is 0.649. The maximum Gasteiger partial charge on any atom is 0.288 e. The minimum atomic E-state index is -3.40. The van der Waals surface area contributed by atoms with Gasteiger partial charge in [0.15, 0.2) is 6.10 Å². The Kier molecular flexibility index (Phi) is 5.28. The molecule has 0 aromatic carbocycles. The number of rotatable bonds is 6.